The molecule has 3 nitrogen and oxygen atoms in total. The van der Waals surface area contributed by atoms with Crippen LogP contribution in [0.25, 0.3) is 70.1 Å². The van der Waals surface area contributed by atoms with Crippen LogP contribution in [-0.4, -0.2) is 14.5 Å². The lowest BCUT2D eigenvalue weighted by Gasteiger charge is -2.13. The lowest BCUT2D eigenvalue weighted by molar-refractivity contribution is 1.09. The van der Waals surface area contributed by atoms with Gasteiger partial charge in [0.1, 0.15) is 16.0 Å². The number of nitrogens with zero attached hydrogens (tertiary/aromatic N) is 3. The third-order valence-electron chi connectivity index (χ3n) is 6.99. The number of thiophene rings is 1. The van der Waals surface area contributed by atoms with Crippen molar-refractivity contribution in [2.45, 2.75) is 0 Å². The molecule has 168 valence electrons. The topological polar surface area (TPSA) is 30.7 Å². The second-order valence-electron chi connectivity index (χ2n) is 9.08. The first kappa shape index (κ1) is 19.7. The van der Waals surface area contributed by atoms with E-state index in [9.17, 15) is 0 Å². The molecule has 0 radical (unpaired) electrons. The molecule has 4 heteroatoms. The van der Waals surface area contributed by atoms with E-state index in [1.54, 1.807) is 11.3 Å². The smallest absolute Gasteiger partial charge is 0.166 e. The van der Waals surface area contributed by atoms with Gasteiger partial charge in [0, 0.05) is 26.4 Å². The summed E-state index contributed by atoms with van der Waals surface area (Å²) in [5, 5.41) is 6.05. The molecule has 36 heavy (non-hydrogen) atoms. The molecule has 0 saturated carbocycles. The molecule has 0 amide bonds. The minimum absolute atomic E-state index is 0.863. The molecular weight excluding hydrogens is 458 g/mol. The molecule has 0 atom stereocenters. The third kappa shape index (κ3) is 2.79. The van der Waals surface area contributed by atoms with E-state index in [4.69, 9.17) is 9.97 Å². The van der Waals surface area contributed by atoms with Gasteiger partial charge in [-0.15, -0.1) is 11.3 Å². The predicted molar refractivity (Wildman–Crippen MR) is 152 cm³/mol. The van der Waals surface area contributed by atoms with Crippen molar-refractivity contribution in [2.75, 3.05) is 0 Å². The Balaban J connectivity index is 1.57. The maximum absolute atomic E-state index is 5.33. The van der Waals surface area contributed by atoms with Crippen LogP contribution in [0, 0.1) is 0 Å². The van der Waals surface area contributed by atoms with Crippen molar-refractivity contribution in [3.8, 4) is 17.1 Å². The second kappa shape index (κ2) is 7.48. The van der Waals surface area contributed by atoms with Crippen molar-refractivity contribution in [1.29, 1.82) is 0 Å². The van der Waals surface area contributed by atoms with E-state index in [1.165, 1.54) is 26.2 Å². The van der Waals surface area contributed by atoms with Gasteiger partial charge in [-0.05, 0) is 35.0 Å². The number of hydrogen-bond acceptors (Lipinski definition) is 3. The Hall–Kier alpha value is -4.54. The molecule has 5 aromatic carbocycles. The average molecular weight is 478 g/mol. The molecule has 8 aromatic rings. The van der Waals surface area contributed by atoms with E-state index in [0.29, 0.717) is 0 Å². The van der Waals surface area contributed by atoms with Crippen molar-refractivity contribution < 1.29 is 0 Å². The zero-order valence-corrected chi connectivity index (χ0v) is 20.0. The largest absolute Gasteiger partial charge is 0.292 e. The molecule has 3 heterocycles. The highest BCUT2D eigenvalue weighted by atomic mass is 32.1. The zero-order valence-electron chi connectivity index (χ0n) is 19.2. The molecule has 0 aliphatic rings. The molecule has 0 unspecified atom stereocenters. The van der Waals surface area contributed by atoms with Gasteiger partial charge in [-0.3, -0.25) is 4.57 Å². The van der Waals surface area contributed by atoms with Crippen LogP contribution in [0.2, 0.25) is 0 Å². The van der Waals surface area contributed by atoms with Gasteiger partial charge in [0.2, 0.25) is 0 Å². The van der Waals surface area contributed by atoms with Gasteiger partial charge in [-0.25, -0.2) is 9.97 Å². The Morgan fingerprint density at radius 3 is 2.11 bits per heavy atom. The van der Waals surface area contributed by atoms with Crippen LogP contribution >= 0.6 is 11.3 Å². The maximum atomic E-state index is 5.33. The van der Waals surface area contributed by atoms with Gasteiger partial charge < -0.3 is 0 Å². The van der Waals surface area contributed by atoms with Gasteiger partial charge >= 0.3 is 0 Å². The molecule has 0 spiro atoms. The highest BCUT2D eigenvalue weighted by Gasteiger charge is 2.21. The summed E-state index contributed by atoms with van der Waals surface area (Å²) < 4.78 is 3.51. The van der Waals surface area contributed by atoms with Crippen molar-refractivity contribution in [1.82, 2.24) is 14.5 Å². The Bertz CT molecular complexity index is 2100. The van der Waals surface area contributed by atoms with Crippen LogP contribution in [0.15, 0.2) is 115 Å². The summed E-state index contributed by atoms with van der Waals surface area (Å²) in [5.74, 6) is 0.863. The summed E-state index contributed by atoms with van der Waals surface area (Å²) >= 11 is 1.70. The van der Waals surface area contributed by atoms with Crippen molar-refractivity contribution in [3.63, 3.8) is 0 Å². The number of hydrogen-bond donors (Lipinski definition) is 0. The Labute approximate surface area is 210 Å². The molecule has 0 aliphatic carbocycles. The quantitative estimate of drug-likeness (QED) is 0.249. The molecule has 0 aliphatic heterocycles. The first-order chi connectivity index (χ1) is 17.8. The average Bonchev–Trinajstić information content (AvgIpc) is 3.46. The highest BCUT2D eigenvalue weighted by molar-refractivity contribution is 7.25. The van der Waals surface area contributed by atoms with Gasteiger partial charge in [0.15, 0.2) is 5.82 Å². The summed E-state index contributed by atoms with van der Waals surface area (Å²) in [4.78, 5) is 11.6. The first-order valence-corrected chi connectivity index (χ1v) is 12.8. The number of benzene rings is 5. The van der Waals surface area contributed by atoms with Crippen molar-refractivity contribution >= 4 is 64.3 Å². The Morgan fingerprint density at radius 2 is 1.25 bits per heavy atom. The SMILES string of the molecule is c1ccc(-c2nc3c(nc2-n2c4ccccc4c4cc5ccccc5cc42)sc2ccccc23)cc1. The van der Waals surface area contributed by atoms with Gasteiger partial charge in [0.25, 0.3) is 0 Å². The standard InChI is InChI=1S/C32H19N3S/c1-2-10-20(11-3-1)29-31(34-32-30(33-29)24-15-7-9-17-28(24)36-32)35-26-16-8-6-14-23(26)25-18-21-12-4-5-13-22(21)19-27(25)35/h1-19H. The Kier molecular flexibility index (Phi) is 4.10. The molecule has 3 aromatic heterocycles. The van der Waals surface area contributed by atoms with Gasteiger partial charge in [-0.1, -0.05) is 91.0 Å². The Morgan fingerprint density at radius 1 is 0.556 bits per heavy atom. The number of fused-ring (bicyclic) bond motifs is 7. The minimum atomic E-state index is 0.863. The summed E-state index contributed by atoms with van der Waals surface area (Å²) in [7, 11) is 0. The van der Waals surface area contributed by atoms with E-state index in [2.05, 4.69) is 114 Å². The molecule has 0 bridgehead atoms. The molecular formula is C32H19N3S. The van der Waals surface area contributed by atoms with E-state index in [-0.39, 0.29) is 0 Å². The van der Waals surface area contributed by atoms with Crippen LogP contribution in [0.4, 0.5) is 0 Å². The normalized spacial score (nSPS) is 11.9. The van der Waals surface area contributed by atoms with Crippen LogP contribution in [0.3, 0.4) is 0 Å². The van der Waals surface area contributed by atoms with Crippen LogP contribution < -0.4 is 0 Å². The maximum Gasteiger partial charge on any atom is 0.166 e. The summed E-state index contributed by atoms with van der Waals surface area (Å²) in [6.45, 7) is 0. The van der Waals surface area contributed by atoms with Crippen molar-refractivity contribution in [2.24, 2.45) is 0 Å². The number of aromatic nitrogens is 3. The fraction of sp³-hybridized carbons (Fsp3) is 0. The second-order valence-corrected chi connectivity index (χ2v) is 10.1. The zero-order chi connectivity index (χ0) is 23.6. The number of rotatable bonds is 2. The monoisotopic (exact) mass is 477 g/mol. The molecule has 0 N–H and O–H groups in total. The van der Waals surface area contributed by atoms with Crippen LogP contribution in [0.5, 0.6) is 0 Å². The molecule has 0 saturated heterocycles. The van der Waals surface area contributed by atoms with Gasteiger partial charge in [-0.2, -0.15) is 0 Å². The molecule has 0 fully saturated rings. The predicted octanol–water partition coefficient (Wildman–Crippen LogP) is 8.76. The van der Waals surface area contributed by atoms with E-state index in [0.717, 1.165) is 43.8 Å². The minimum Gasteiger partial charge on any atom is -0.292 e. The van der Waals surface area contributed by atoms with Crippen LogP contribution in [0.1, 0.15) is 0 Å². The lowest BCUT2D eigenvalue weighted by atomic mass is 10.1. The first-order valence-electron chi connectivity index (χ1n) is 12.0. The highest BCUT2D eigenvalue weighted by Crippen LogP contribution is 2.39. The lowest BCUT2D eigenvalue weighted by Crippen LogP contribution is -2.02. The fourth-order valence-corrected chi connectivity index (χ4v) is 6.36. The van der Waals surface area contributed by atoms with E-state index < -0.39 is 0 Å². The summed E-state index contributed by atoms with van der Waals surface area (Å²) in [5.41, 5.74) is 5.19. The third-order valence-corrected chi connectivity index (χ3v) is 8.05. The van der Waals surface area contributed by atoms with E-state index >= 15 is 0 Å². The summed E-state index contributed by atoms with van der Waals surface area (Å²) in [6, 6.07) is 40.6. The molecule has 8 rings (SSSR count). The fourth-order valence-electron chi connectivity index (χ4n) is 5.34. The van der Waals surface area contributed by atoms with Crippen molar-refractivity contribution in [3.05, 3.63) is 115 Å². The van der Waals surface area contributed by atoms with Gasteiger partial charge in [0.05, 0.1) is 11.0 Å². The summed E-state index contributed by atoms with van der Waals surface area (Å²) in [6.07, 6.45) is 0. The van der Waals surface area contributed by atoms with Crippen LogP contribution in [-0.2, 0) is 0 Å². The van der Waals surface area contributed by atoms with E-state index in [1.807, 2.05) is 6.07 Å². The number of para-hydroxylation sites is 1.